The molecule has 6 nitrogen and oxygen atoms in total. The molecule has 0 aliphatic heterocycles. The van der Waals surface area contributed by atoms with E-state index in [2.05, 4.69) is 4.74 Å². The van der Waals surface area contributed by atoms with E-state index in [-0.39, 0.29) is 0 Å². The van der Waals surface area contributed by atoms with Crippen LogP contribution in [0.1, 0.15) is 0 Å². The fourth-order valence-corrected chi connectivity index (χ4v) is 0.805. The number of methoxy groups -OCH3 is 1. The van der Waals surface area contributed by atoms with Gasteiger partial charge in [-0.05, 0) is 0 Å². The second-order valence-electron chi connectivity index (χ2n) is 2.57. The molecule has 0 aromatic carbocycles. The zero-order chi connectivity index (χ0) is 10.4. The molecular formula is C7H14O6. The van der Waals surface area contributed by atoms with Gasteiger partial charge in [-0.2, -0.15) is 0 Å². The minimum absolute atomic E-state index is 0.304. The highest BCUT2D eigenvalue weighted by molar-refractivity contribution is 5.57. The highest BCUT2D eigenvalue weighted by Crippen LogP contribution is 2.05. The maximum absolute atomic E-state index is 10.3. The van der Waals surface area contributed by atoms with Gasteiger partial charge in [-0.3, -0.25) is 0 Å². The zero-order valence-electron chi connectivity index (χ0n) is 7.20. The van der Waals surface area contributed by atoms with Crippen molar-refractivity contribution in [2.75, 3.05) is 13.7 Å². The predicted molar refractivity (Wildman–Crippen MR) is 42.0 cm³/mol. The average Bonchev–Trinajstić information content (AvgIpc) is 2.17. The molecule has 0 heterocycles. The number of hydrogen-bond donors (Lipinski definition) is 4. The number of rotatable bonds is 6. The van der Waals surface area contributed by atoms with Gasteiger partial charge in [-0.15, -0.1) is 0 Å². The number of aliphatic hydroxyl groups is 4. The topological polar surface area (TPSA) is 107 Å². The van der Waals surface area contributed by atoms with Crippen molar-refractivity contribution in [2.24, 2.45) is 0 Å². The second-order valence-corrected chi connectivity index (χ2v) is 2.57. The smallest absolute Gasteiger partial charge is 0.151 e. The molecule has 0 radical (unpaired) electrons. The van der Waals surface area contributed by atoms with Crippen LogP contribution in [0.5, 0.6) is 0 Å². The fraction of sp³-hybridized carbons (Fsp3) is 0.857. The minimum Gasteiger partial charge on any atom is -0.394 e. The molecule has 0 rings (SSSR count). The summed E-state index contributed by atoms with van der Waals surface area (Å²) in [7, 11) is 1.18. The third-order valence-electron chi connectivity index (χ3n) is 1.67. The van der Waals surface area contributed by atoms with Gasteiger partial charge in [0.15, 0.2) is 6.29 Å². The Kier molecular flexibility index (Phi) is 5.76. The molecule has 0 fully saturated rings. The maximum Gasteiger partial charge on any atom is 0.151 e. The van der Waals surface area contributed by atoms with Crippen LogP contribution in [-0.4, -0.2) is 64.8 Å². The Morgan fingerprint density at radius 3 is 2.15 bits per heavy atom. The van der Waals surface area contributed by atoms with E-state index in [1.54, 1.807) is 0 Å². The summed E-state index contributed by atoms with van der Waals surface area (Å²) in [6.45, 7) is -0.701. The molecule has 6 heteroatoms. The highest BCUT2D eigenvalue weighted by Gasteiger charge is 2.30. The summed E-state index contributed by atoms with van der Waals surface area (Å²) in [4.78, 5) is 10.3. The van der Waals surface area contributed by atoms with Crippen molar-refractivity contribution in [3.05, 3.63) is 0 Å². The van der Waals surface area contributed by atoms with Gasteiger partial charge in [0.2, 0.25) is 0 Å². The van der Waals surface area contributed by atoms with Crippen LogP contribution in [0.25, 0.3) is 0 Å². The molecule has 0 saturated heterocycles. The molecule has 0 saturated carbocycles. The molecule has 0 aliphatic carbocycles. The van der Waals surface area contributed by atoms with E-state index in [1.807, 2.05) is 0 Å². The molecule has 78 valence electrons. The zero-order valence-corrected chi connectivity index (χ0v) is 7.20. The SMILES string of the molecule is COC(C=O)[C@@H](O)[C@H](O)[C@H](O)CO. The van der Waals surface area contributed by atoms with Crippen LogP contribution < -0.4 is 0 Å². The van der Waals surface area contributed by atoms with Gasteiger partial charge >= 0.3 is 0 Å². The number of aliphatic hydroxyl groups excluding tert-OH is 4. The summed E-state index contributed by atoms with van der Waals surface area (Å²) in [6.07, 6.45) is -5.56. The summed E-state index contributed by atoms with van der Waals surface area (Å²) < 4.78 is 4.51. The van der Waals surface area contributed by atoms with Crippen LogP contribution >= 0.6 is 0 Å². The first-order valence-electron chi connectivity index (χ1n) is 3.71. The molecule has 0 aromatic heterocycles. The Balaban J connectivity index is 4.21. The quantitative estimate of drug-likeness (QED) is 0.342. The number of carbonyl (C=O) groups excluding carboxylic acids is 1. The molecule has 0 amide bonds. The minimum atomic E-state index is -1.61. The Bertz CT molecular complexity index is 150. The van der Waals surface area contributed by atoms with Gasteiger partial charge in [-0.25, -0.2) is 0 Å². The molecule has 0 aliphatic rings. The van der Waals surface area contributed by atoms with Gasteiger partial charge in [0.25, 0.3) is 0 Å². The Morgan fingerprint density at radius 1 is 1.31 bits per heavy atom. The molecule has 4 atom stereocenters. The Hall–Kier alpha value is -0.530. The van der Waals surface area contributed by atoms with E-state index >= 15 is 0 Å². The molecular weight excluding hydrogens is 180 g/mol. The lowest BCUT2D eigenvalue weighted by molar-refractivity contribution is -0.141. The number of ether oxygens (including phenoxy) is 1. The normalized spacial score (nSPS) is 20.4. The Morgan fingerprint density at radius 2 is 1.85 bits per heavy atom. The lowest BCUT2D eigenvalue weighted by atomic mass is 10.0. The molecule has 13 heavy (non-hydrogen) atoms. The first kappa shape index (κ1) is 12.5. The van der Waals surface area contributed by atoms with Crippen molar-refractivity contribution in [1.82, 2.24) is 0 Å². The Labute approximate surface area is 75.4 Å². The predicted octanol–water partition coefficient (Wildman–Crippen LogP) is -2.72. The monoisotopic (exact) mass is 194 g/mol. The molecule has 4 N–H and O–H groups in total. The molecule has 0 spiro atoms. The van der Waals surface area contributed by atoms with Crippen molar-refractivity contribution >= 4 is 6.29 Å². The first-order chi connectivity index (χ1) is 6.08. The van der Waals surface area contributed by atoms with Crippen molar-refractivity contribution in [2.45, 2.75) is 24.4 Å². The van der Waals surface area contributed by atoms with Crippen molar-refractivity contribution < 1.29 is 30.0 Å². The van der Waals surface area contributed by atoms with Crippen molar-refractivity contribution in [3.8, 4) is 0 Å². The molecule has 0 bridgehead atoms. The number of carbonyl (C=O) groups is 1. The van der Waals surface area contributed by atoms with Gasteiger partial charge < -0.3 is 30.0 Å². The van der Waals surface area contributed by atoms with E-state index in [0.717, 1.165) is 0 Å². The van der Waals surface area contributed by atoms with Crippen LogP contribution in [0.3, 0.4) is 0 Å². The summed E-state index contributed by atoms with van der Waals surface area (Å²) in [5, 5.41) is 35.7. The van der Waals surface area contributed by atoms with E-state index in [4.69, 9.17) is 15.3 Å². The fourth-order valence-electron chi connectivity index (χ4n) is 0.805. The number of hydrogen-bond acceptors (Lipinski definition) is 6. The third kappa shape index (κ3) is 3.37. The average molecular weight is 194 g/mol. The van der Waals surface area contributed by atoms with E-state index in [1.165, 1.54) is 7.11 Å². The molecule has 0 aromatic rings. The maximum atomic E-state index is 10.3. The lowest BCUT2D eigenvalue weighted by Gasteiger charge is -2.24. The van der Waals surface area contributed by atoms with Gasteiger partial charge in [0.1, 0.15) is 24.4 Å². The van der Waals surface area contributed by atoms with Gasteiger partial charge in [0, 0.05) is 7.11 Å². The summed E-state index contributed by atoms with van der Waals surface area (Å²) in [6, 6.07) is 0. The number of aldehydes is 1. The van der Waals surface area contributed by atoms with Crippen LogP contribution in [0, 0.1) is 0 Å². The van der Waals surface area contributed by atoms with Gasteiger partial charge in [0.05, 0.1) is 6.61 Å². The van der Waals surface area contributed by atoms with Crippen molar-refractivity contribution in [3.63, 3.8) is 0 Å². The third-order valence-corrected chi connectivity index (χ3v) is 1.67. The lowest BCUT2D eigenvalue weighted by Crippen LogP contribution is -2.47. The van der Waals surface area contributed by atoms with Crippen LogP contribution in [0.2, 0.25) is 0 Å². The second kappa shape index (κ2) is 6.01. The standard InChI is InChI=1S/C7H14O6/c1-13-5(3-9)7(12)6(11)4(10)2-8/h3-8,10-12H,2H2,1H3/t4-,5?,6-,7-/m1/s1. The van der Waals surface area contributed by atoms with Crippen LogP contribution in [0.4, 0.5) is 0 Å². The highest BCUT2D eigenvalue weighted by atomic mass is 16.5. The van der Waals surface area contributed by atoms with E-state index < -0.39 is 31.0 Å². The largest absolute Gasteiger partial charge is 0.394 e. The van der Waals surface area contributed by atoms with E-state index in [0.29, 0.717) is 6.29 Å². The van der Waals surface area contributed by atoms with Crippen LogP contribution in [-0.2, 0) is 9.53 Å². The molecule has 1 unspecified atom stereocenters. The van der Waals surface area contributed by atoms with Gasteiger partial charge in [-0.1, -0.05) is 0 Å². The summed E-state index contributed by atoms with van der Waals surface area (Å²) >= 11 is 0. The van der Waals surface area contributed by atoms with E-state index in [9.17, 15) is 9.90 Å². The van der Waals surface area contributed by atoms with Crippen molar-refractivity contribution in [1.29, 1.82) is 0 Å². The summed E-state index contributed by atoms with van der Waals surface area (Å²) in [5.74, 6) is 0. The first-order valence-corrected chi connectivity index (χ1v) is 3.71. The summed E-state index contributed by atoms with van der Waals surface area (Å²) in [5.41, 5.74) is 0. The van der Waals surface area contributed by atoms with Crippen LogP contribution in [0.15, 0.2) is 0 Å².